The van der Waals surface area contributed by atoms with Gasteiger partial charge >= 0.3 is 11.9 Å². The van der Waals surface area contributed by atoms with Crippen molar-refractivity contribution < 1.29 is 19.4 Å². The number of hydrogen-bond acceptors (Lipinski definition) is 4. The summed E-state index contributed by atoms with van der Waals surface area (Å²) in [6.45, 7) is 0. The fraction of sp³-hybridized carbons (Fsp3) is 0.667. The van der Waals surface area contributed by atoms with E-state index in [1.54, 1.807) is 7.98 Å². The maximum atomic E-state index is 10.9. The number of aliphatic carboxylic acids is 1. The number of carboxylic acid groups (broad SMARTS) is 1. The van der Waals surface area contributed by atoms with Crippen LogP contribution in [0.2, 0.25) is 0 Å². The van der Waals surface area contributed by atoms with Gasteiger partial charge in [-0.25, -0.2) is 0 Å². The molecule has 0 amide bonds. The minimum Gasteiger partial charge on any atom is -0.481 e. The number of carboxylic acids is 1. The highest BCUT2D eigenvalue weighted by atomic mass is 16.5. The summed E-state index contributed by atoms with van der Waals surface area (Å²) >= 11 is 0. The zero-order valence-corrected chi connectivity index (χ0v) is 7.16. The summed E-state index contributed by atoms with van der Waals surface area (Å²) in [6.07, 6.45) is 0.207. The Labute approximate surface area is 71.5 Å². The molecule has 1 atom stereocenters. The van der Waals surface area contributed by atoms with Crippen molar-refractivity contribution in [1.82, 2.24) is 5.23 Å². The number of carbonyl (C=O) groups excluding carboxylic acids is 1. The smallest absolute Gasteiger partial charge is 0.321 e. The lowest BCUT2D eigenvalue weighted by Gasteiger charge is -2.11. The first-order valence-corrected chi connectivity index (χ1v) is 3.58. The van der Waals surface area contributed by atoms with E-state index in [0.717, 1.165) is 0 Å². The van der Waals surface area contributed by atoms with Crippen molar-refractivity contribution in [2.24, 2.45) is 0 Å². The number of hydrogen-bond donors (Lipinski definition) is 2. The number of rotatable bonds is 5. The fourth-order valence-corrected chi connectivity index (χ4v) is 0.790. The van der Waals surface area contributed by atoms with Gasteiger partial charge in [0.1, 0.15) is 0 Å². The number of methoxy groups -OCH3 is 1. The fourth-order valence-electron chi connectivity index (χ4n) is 0.790. The van der Waals surface area contributed by atoms with E-state index >= 15 is 0 Å². The van der Waals surface area contributed by atoms with Crippen LogP contribution in [0.25, 0.3) is 0 Å². The topological polar surface area (TPSA) is 75.6 Å². The largest absolute Gasteiger partial charge is 0.481 e. The first-order chi connectivity index (χ1) is 5.61. The predicted molar refractivity (Wildman–Crippen MR) is 44.4 cm³/mol. The zero-order chi connectivity index (χ0) is 9.56. The van der Waals surface area contributed by atoms with Crippen LogP contribution >= 0.6 is 0 Å². The van der Waals surface area contributed by atoms with E-state index in [1.165, 1.54) is 7.11 Å². The van der Waals surface area contributed by atoms with Gasteiger partial charge in [-0.15, -0.1) is 0 Å². The minimum atomic E-state index is -0.917. The van der Waals surface area contributed by atoms with Crippen LogP contribution in [-0.2, 0) is 14.3 Å². The molecule has 6 heteroatoms. The van der Waals surface area contributed by atoms with Gasteiger partial charge in [0, 0.05) is 6.42 Å². The lowest BCUT2D eigenvalue weighted by molar-refractivity contribution is -0.143. The molecule has 0 saturated carbocycles. The molecule has 0 aromatic heterocycles. The summed E-state index contributed by atoms with van der Waals surface area (Å²) in [5, 5.41) is 11.0. The van der Waals surface area contributed by atoms with E-state index < -0.39 is 18.0 Å². The van der Waals surface area contributed by atoms with Crippen molar-refractivity contribution in [2.75, 3.05) is 7.11 Å². The summed E-state index contributed by atoms with van der Waals surface area (Å²) in [4.78, 5) is 21.0. The van der Waals surface area contributed by atoms with Crippen molar-refractivity contribution in [3.8, 4) is 0 Å². The van der Waals surface area contributed by atoms with Crippen LogP contribution in [0.5, 0.6) is 0 Å². The van der Waals surface area contributed by atoms with Crippen LogP contribution in [0.1, 0.15) is 12.8 Å². The molecule has 0 bridgehead atoms. The third kappa shape index (κ3) is 3.97. The molecular formula is C6H12BNO4. The van der Waals surface area contributed by atoms with Gasteiger partial charge in [-0.2, -0.15) is 0 Å². The van der Waals surface area contributed by atoms with Gasteiger partial charge in [0.15, 0.2) is 7.98 Å². The molecular weight excluding hydrogens is 161 g/mol. The van der Waals surface area contributed by atoms with E-state index in [2.05, 4.69) is 9.96 Å². The predicted octanol–water partition coefficient (Wildman–Crippen LogP) is -1.47. The number of carbonyl (C=O) groups is 2. The van der Waals surface area contributed by atoms with E-state index in [-0.39, 0.29) is 12.8 Å². The van der Waals surface area contributed by atoms with Gasteiger partial charge in [-0.3, -0.25) is 9.59 Å². The SMILES string of the molecule is BN[C@@H](CCC(=O)O)C(=O)OC. The zero-order valence-electron chi connectivity index (χ0n) is 7.16. The van der Waals surface area contributed by atoms with Crippen LogP contribution in [-0.4, -0.2) is 38.2 Å². The van der Waals surface area contributed by atoms with Crippen molar-refractivity contribution in [1.29, 1.82) is 0 Å². The van der Waals surface area contributed by atoms with Crippen LogP contribution < -0.4 is 5.23 Å². The first-order valence-electron chi connectivity index (χ1n) is 3.58. The molecule has 68 valence electrons. The van der Waals surface area contributed by atoms with Gasteiger partial charge < -0.3 is 15.1 Å². The molecule has 0 aliphatic heterocycles. The Bertz CT molecular complexity index is 173. The van der Waals surface area contributed by atoms with Gasteiger partial charge in [0.05, 0.1) is 13.2 Å². The Morgan fingerprint density at radius 2 is 2.25 bits per heavy atom. The minimum absolute atomic E-state index is 0.0411. The number of nitrogens with one attached hydrogen (secondary N) is 1. The molecule has 0 spiro atoms. The van der Waals surface area contributed by atoms with Gasteiger partial charge in [-0.05, 0) is 6.42 Å². The Balaban J connectivity index is 3.83. The van der Waals surface area contributed by atoms with Crippen molar-refractivity contribution in [3.05, 3.63) is 0 Å². The molecule has 0 aliphatic rings. The molecule has 5 nitrogen and oxygen atoms in total. The van der Waals surface area contributed by atoms with E-state index in [9.17, 15) is 9.59 Å². The average molecular weight is 173 g/mol. The summed E-state index contributed by atoms with van der Waals surface area (Å²) in [6, 6.07) is -0.522. The highest BCUT2D eigenvalue weighted by Gasteiger charge is 2.16. The van der Waals surface area contributed by atoms with Crippen molar-refractivity contribution in [3.63, 3.8) is 0 Å². The van der Waals surface area contributed by atoms with Crippen LogP contribution in [0.3, 0.4) is 0 Å². The van der Waals surface area contributed by atoms with Crippen LogP contribution in [0.4, 0.5) is 0 Å². The summed E-state index contributed by atoms with van der Waals surface area (Å²) in [7, 11) is 2.86. The van der Waals surface area contributed by atoms with Gasteiger partial charge in [0.25, 0.3) is 0 Å². The summed E-state index contributed by atoms with van der Waals surface area (Å²) in [5.74, 6) is -1.35. The second-order valence-electron chi connectivity index (χ2n) is 2.30. The Morgan fingerprint density at radius 3 is 2.58 bits per heavy atom. The second kappa shape index (κ2) is 5.59. The van der Waals surface area contributed by atoms with E-state index in [1.807, 2.05) is 0 Å². The third-order valence-corrected chi connectivity index (χ3v) is 1.48. The summed E-state index contributed by atoms with van der Waals surface area (Å²) < 4.78 is 4.44. The summed E-state index contributed by atoms with van der Waals surface area (Å²) in [5.41, 5.74) is 0. The molecule has 0 aromatic carbocycles. The van der Waals surface area contributed by atoms with Crippen molar-refractivity contribution in [2.45, 2.75) is 18.9 Å². The number of ether oxygens (including phenoxy) is 1. The first kappa shape index (κ1) is 11.0. The molecule has 0 radical (unpaired) electrons. The highest BCUT2D eigenvalue weighted by molar-refractivity contribution is 6.06. The quantitative estimate of drug-likeness (QED) is 0.392. The molecule has 0 rings (SSSR count). The highest BCUT2D eigenvalue weighted by Crippen LogP contribution is 1.98. The average Bonchev–Trinajstić information content (AvgIpc) is 2.04. The van der Waals surface area contributed by atoms with Crippen LogP contribution in [0.15, 0.2) is 0 Å². The molecule has 0 aromatic rings. The molecule has 0 saturated heterocycles. The molecule has 0 unspecified atom stereocenters. The second-order valence-corrected chi connectivity index (χ2v) is 2.30. The molecule has 12 heavy (non-hydrogen) atoms. The standard InChI is InChI=1S/C6H12BNO4/c1-12-6(11)4(8-7)2-3-5(9)10/h4,8H,2-3,7H2,1H3,(H,9,10)/t4-/m0/s1. The maximum absolute atomic E-state index is 10.9. The van der Waals surface area contributed by atoms with Crippen LogP contribution in [0, 0.1) is 0 Å². The molecule has 2 N–H and O–H groups in total. The third-order valence-electron chi connectivity index (χ3n) is 1.48. The Morgan fingerprint density at radius 1 is 1.67 bits per heavy atom. The lowest BCUT2D eigenvalue weighted by Crippen LogP contribution is -2.36. The Hall–Kier alpha value is -1.04. The Kier molecular flexibility index (Phi) is 5.11. The van der Waals surface area contributed by atoms with Gasteiger partial charge in [-0.1, -0.05) is 0 Å². The van der Waals surface area contributed by atoms with Gasteiger partial charge in [0.2, 0.25) is 0 Å². The molecule has 0 heterocycles. The lowest BCUT2D eigenvalue weighted by atomic mass is 10.1. The number of esters is 1. The monoisotopic (exact) mass is 173 g/mol. The van der Waals surface area contributed by atoms with Crippen molar-refractivity contribution >= 4 is 19.9 Å². The molecule has 0 fully saturated rings. The van der Waals surface area contributed by atoms with E-state index in [0.29, 0.717) is 0 Å². The van der Waals surface area contributed by atoms with E-state index in [4.69, 9.17) is 5.11 Å². The molecule has 0 aliphatic carbocycles. The normalized spacial score (nSPS) is 12.1. The maximum Gasteiger partial charge on any atom is 0.321 e.